The van der Waals surface area contributed by atoms with Crippen LogP contribution in [0.1, 0.15) is 43.7 Å². The van der Waals surface area contributed by atoms with Crippen LogP contribution in [-0.4, -0.2) is 0 Å². The van der Waals surface area contributed by atoms with Crippen LogP contribution in [0.3, 0.4) is 0 Å². The Morgan fingerprint density at radius 1 is 0.783 bits per heavy atom. The Kier molecular flexibility index (Phi) is 4.89. The van der Waals surface area contributed by atoms with E-state index in [9.17, 15) is 0 Å². The fourth-order valence-electron chi connectivity index (χ4n) is 4.11. The normalized spacial score (nSPS) is 17.1. The highest BCUT2D eigenvalue weighted by atomic mass is 35.5. The zero-order valence-electron chi connectivity index (χ0n) is 13.4. The van der Waals surface area contributed by atoms with E-state index in [0.29, 0.717) is 5.92 Å². The number of hydrogen-bond acceptors (Lipinski definition) is 1. The lowest BCUT2D eigenvalue weighted by atomic mass is 9.80. The van der Waals surface area contributed by atoms with Crippen molar-refractivity contribution in [3.05, 3.63) is 60.2 Å². The van der Waals surface area contributed by atoms with E-state index in [0.717, 1.165) is 0 Å². The maximum Gasteiger partial charge on any atom is 0.0329 e. The number of fused-ring (bicyclic) bond motifs is 3. The van der Waals surface area contributed by atoms with Crippen LogP contribution >= 0.6 is 12.4 Å². The van der Waals surface area contributed by atoms with Crippen LogP contribution < -0.4 is 5.73 Å². The Labute approximate surface area is 144 Å². The summed E-state index contributed by atoms with van der Waals surface area (Å²) in [6, 6.07) is 19.9. The smallest absolute Gasteiger partial charge is 0.0329 e. The second-order valence-electron chi connectivity index (χ2n) is 6.66. The van der Waals surface area contributed by atoms with Gasteiger partial charge in [0.1, 0.15) is 0 Å². The third-order valence-electron chi connectivity index (χ3n) is 5.32. The zero-order valence-corrected chi connectivity index (χ0v) is 14.2. The van der Waals surface area contributed by atoms with Crippen molar-refractivity contribution in [2.24, 2.45) is 11.7 Å². The summed E-state index contributed by atoms with van der Waals surface area (Å²) < 4.78 is 0. The zero-order chi connectivity index (χ0) is 14.9. The summed E-state index contributed by atoms with van der Waals surface area (Å²) in [7, 11) is 0. The molecule has 0 unspecified atom stereocenters. The molecule has 0 aromatic heterocycles. The van der Waals surface area contributed by atoms with Crippen molar-refractivity contribution in [2.45, 2.75) is 38.1 Å². The van der Waals surface area contributed by atoms with Gasteiger partial charge in [-0.05, 0) is 51.9 Å². The predicted octanol–water partition coefficient (Wildman–Crippen LogP) is 5.99. The molecule has 3 aromatic rings. The fourth-order valence-corrected chi connectivity index (χ4v) is 4.11. The van der Waals surface area contributed by atoms with Crippen LogP contribution in [0.25, 0.3) is 21.5 Å². The summed E-state index contributed by atoms with van der Waals surface area (Å²) in [5.41, 5.74) is 8.06. The molecule has 1 aliphatic carbocycles. The van der Waals surface area contributed by atoms with Crippen molar-refractivity contribution in [2.75, 3.05) is 0 Å². The molecule has 3 aromatic carbocycles. The molecule has 2 N–H and O–H groups in total. The summed E-state index contributed by atoms with van der Waals surface area (Å²) in [6.07, 6.45) is 6.61. The van der Waals surface area contributed by atoms with E-state index in [1.807, 2.05) is 0 Å². The predicted molar refractivity (Wildman–Crippen MR) is 102 cm³/mol. The lowest BCUT2D eigenvalue weighted by Crippen LogP contribution is -2.23. The Hall–Kier alpha value is -1.57. The molecule has 120 valence electrons. The minimum absolute atomic E-state index is 0. The van der Waals surface area contributed by atoms with Gasteiger partial charge in [-0.1, -0.05) is 67.8 Å². The van der Waals surface area contributed by atoms with E-state index >= 15 is 0 Å². The molecule has 1 aliphatic rings. The number of rotatable bonds is 2. The van der Waals surface area contributed by atoms with E-state index < -0.39 is 0 Å². The van der Waals surface area contributed by atoms with Gasteiger partial charge in [0.2, 0.25) is 0 Å². The first kappa shape index (κ1) is 16.3. The highest BCUT2D eigenvalue weighted by Gasteiger charge is 2.23. The number of benzene rings is 3. The third kappa shape index (κ3) is 2.96. The second kappa shape index (κ2) is 6.90. The first-order chi connectivity index (χ1) is 10.8. The van der Waals surface area contributed by atoms with Crippen LogP contribution in [0.15, 0.2) is 54.6 Å². The average Bonchev–Trinajstić information content (AvgIpc) is 2.61. The first-order valence-electron chi connectivity index (χ1n) is 8.50. The van der Waals surface area contributed by atoms with Crippen LogP contribution in [0.5, 0.6) is 0 Å². The molecule has 0 aliphatic heterocycles. The largest absolute Gasteiger partial charge is 0.324 e. The number of hydrogen-bond donors (Lipinski definition) is 1. The van der Waals surface area contributed by atoms with E-state index in [-0.39, 0.29) is 18.4 Å². The molecule has 1 saturated carbocycles. The van der Waals surface area contributed by atoms with Gasteiger partial charge in [0.25, 0.3) is 0 Å². The van der Waals surface area contributed by atoms with E-state index in [1.54, 1.807) is 0 Å². The van der Waals surface area contributed by atoms with Crippen molar-refractivity contribution < 1.29 is 0 Å². The van der Waals surface area contributed by atoms with E-state index in [1.165, 1.54) is 59.2 Å². The second-order valence-corrected chi connectivity index (χ2v) is 6.66. The van der Waals surface area contributed by atoms with Gasteiger partial charge in [0.15, 0.2) is 0 Å². The monoisotopic (exact) mass is 325 g/mol. The van der Waals surface area contributed by atoms with Crippen LogP contribution in [-0.2, 0) is 0 Å². The highest BCUT2D eigenvalue weighted by molar-refractivity contribution is 6.09. The molecule has 0 heterocycles. The SMILES string of the molecule is Cl.N[C@@H](c1cc2ccccc2c2ccccc12)C1CCCCC1. The molecule has 1 atom stereocenters. The molecule has 23 heavy (non-hydrogen) atoms. The maximum absolute atomic E-state index is 6.73. The summed E-state index contributed by atoms with van der Waals surface area (Å²) in [6.45, 7) is 0. The maximum atomic E-state index is 6.73. The minimum Gasteiger partial charge on any atom is -0.324 e. The van der Waals surface area contributed by atoms with Crippen molar-refractivity contribution in [3.63, 3.8) is 0 Å². The van der Waals surface area contributed by atoms with Gasteiger partial charge in [-0.2, -0.15) is 0 Å². The number of nitrogens with two attached hydrogens (primary N) is 1. The molecule has 0 radical (unpaired) electrons. The van der Waals surface area contributed by atoms with Crippen LogP contribution in [0.4, 0.5) is 0 Å². The van der Waals surface area contributed by atoms with Crippen LogP contribution in [0, 0.1) is 5.92 Å². The van der Waals surface area contributed by atoms with Crippen molar-refractivity contribution in [1.29, 1.82) is 0 Å². The molecular weight excluding hydrogens is 302 g/mol. The summed E-state index contributed by atoms with van der Waals surface area (Å²) >= 11 is 0. The average molecular weight is 326 g/mol. The summed E-state index contributed by atoms with van der Waals surface area (Å²) in [5.74, 6) is 0.637. The third-order valence-corrected chi connectivity index (χ3v) is 5.32. The van der Waals surface area contributed by atoms with Gasteiger partial charge >= 0.3 is 0 Å². The molecule has 1 fully saturated rings. The van der Waals surface area contributed by atoms with Gasteiger partial charge in [0, 0.05) is 6.04 Å². The lowest BCUT2D eigenvalue weighted by Gasteiger charge is -2.29. The standard InChI is InChI=1S/C21H23N.ClH/c22-21(15-8-2-1-3-9-15)20-14-16-10-4-5-11-17(16)18-12-6-7-13-19(18)20;/h4-7,10-15,21H,1-3,8-9,22H2;1H/t21-;/m1./s1. The molecule has 2 heteroatoms. The first-order valence-corrected chi connectivity index (χ1v) is 8.50. The molecule has 4 rings (SSSR count). The number of halogens is 1. The highest BCUT2D eigenvalue weighted by Crippen LogP contribution is 2.38. The molecule has 1 nitrogen and oxygen atoms in total. The molecular formula is C21H24ClN. The van der Waals surface area contributed by atoms with E-state index in [2.05, 4.69) is 54.6 Å². The van der Waals surface area contributed by atoms with E-state index in [4.69, 9.17) is 5.73 Å². The summed E-state index contributed by atoms with van der Waals surface area (Å²) in [5, 5.41) is 5.31. The van der Waals surface area contributed by atoms with Gasteiger partial charge < -0.3 is 5.73 Å². The van der Waals surface area contributed by atoms with Crippen molar-refractivity contribution in [1.82, 2.24) is 0 Å². The topological polar surface area (TPSA) is 26.0 Å². The Bertz CT molecular complexity index is 805. The van der Waals surface area contributed by atoms with Gasteiger partial charge in [-0.25, -0.2) is 0 Å². The molecule has 0 amide bonds. The molecule has 0 bridgehead atoms. The molecule has 0 saturated heterocycles. The van der Waals surface area contributed by atoms with Crippen molar-refractivity contribution in [3.8, 4) is 0 Å². The Morgan fingerprint density at radius 2 is 1.39 bits per heavy atom. The Balaban J connectivity index is 0.00000156. The quantitative estimate of drug-likeness (QED) is 0.575. The fraction of sp³-hybridized carbons (Fsp3) is 0.333. The summed E-state index contributed by atoms with van der Waals surface area (Å²) in [4.78, 5) is 0. The minimum atomic E-state index is 0. The lowest BCUT2D eigenvalue weighted by molar-refractivity contribution is 0.309. The van der Waals surface area contributed by atoms with Gasteiger partial charge in [-0.15, -0.1) is 12.4 Å². The molecule has 0 spiro atoms. The Morgan fingerprint density at radius 3 is 2.13 bits per heavy atom. The van der Waals surface area contributed by atoms with Gasteiger partial charge in [-0.3, -0.25) is 0 Å². The van der Waals surface area contributed by atoms with Crippen LogP contribution in [0.2, 0.25) is 0 Å². The van der Waals surface area contributed by atoms with Gasteiger partial charge in [0.05, 0.1) is 0 Å². The van der Waals surface area contributed by atoms with Crippen molar-refractivity contribution >= 4 is 34.0 Å².